The summed E-state index contributed by atoms with van der Waals surface area (Å²) in [6.07, 6.45) is 6.66. The lowest BCUT2D eigenvalue weighted by atomic mass is 9.98. The predicted octanol–water partition coefficient (Wildman–Crippen LogP) is 2.69. The van der Waals surface area contributed by atoms with Crippen molar-refractivity contribution in [2.45, 2.75) is 38.5 Å². The zero-order chi connectivity index (χ0) is 11.0. The SMILES string of the molecule is Cc1cn(C)c(C2CCCC2)c1C(=O)O. The molecule has 3 nitrogen and oxygen atoms in total. The third-order valence-electron chi connectivity index (χ3n) is 3.37. The molecule has 0 atom stereocenters. The van der Waals surface area contributed by atoms with Crippen LogP contribution in [0.15, 0.2) is 6.20 Å². The highest BCUT2D eigenvalue weighted by Crippen LogP contribution is 2.37. The number of rotatable bonds is 2. The normalized spacial score (nSPS) is 17.2. The van der Waals surface area contributed by atoms with Gasteiger partial charge in [0, 0.05) is 24.9 Å². The van der Waals surface area contributed by atoms with Gasteiger partial charge < -0.3 is 9.67 Å². The summed E-state index contributed by atoms with van der Waals surface area (Å²) in [5.41, 5.74) is 2.44. The first-order valence-electron chi connectivity index (χ1n) is 5.50. The molecule has 1 N–H and O–H groups in total. The Labute approximate surface area is 89.7 Å². The molecule has 15 heavy (non-hydrogen) atoms. The minimum absolute atomic E-state index is 0.454. The molecule has 0 aliphatic heterocycles. The van der Waals surface area contributed by atoms with E-state index in [-0.39, 0.29) is 0 Å². The minimum Gasteiger partial charge on any atom is -0.478 e. The number of carboxylic acid groups (broad SMARTS) is 1. The third-order valence-corrected chi connectivity index (χ3v) is 3.37. The third kappa shape index (κ3) is 1.66. The Morgan fingerprint density at radius 1 is 1.47 bits per heavy atom. The van der Waals surface area contributed by atoms with Gasteiger partial charge in [-0.3, -0.25) is 0 Å². The molecule has 0 unspecified atom stereocenters. The molecule has 1 aromatic heterocycles. The van der Waals surface area contributed by atoms with Crippen LogP contribution in [0.1, 0.15) is 53.2 Å². The van der Waals surface area contributed by atoms with E-state index < -0.39 is 5.97 Å². The molecule has 1 saturated carbocycles. The predicted molar refractivity (Wildman–Crippen MR) is 58.3 cm³/mol. The van der Waals surface area contributed by atoms with Gasteiger partial charge in [-0.05, 0) is 25.3 Å². The van der Waals surface area contributed by atoms with Crippen molar-refractivity contribution in [3.8, 4) is 0 Å². The van der Waals surface area contributed by atoms with Crippen LogP contribution in [0.4, 0.5) is 0 Å². The lowest BCUT2D eigenvalue weighted by Crippen LogP contribution is -2.08. The van der Waals surface area contributed by atoms with E-state index in [9.17, 15) is 9.90 Å². The Morgan fingerprint density at radius 3 is 2.60 bits per heavy atom. The van der Waals surface area contributed by atoms with Gasteiger partial charge in [-0.1, -0.05) is 12.8 Å². The van der Waals surface area contributed by atoms with Crippen LogP contribution < -0.4 is 0 Å². The van der Waals surface area contributed by atoms with Gasteiger partial charge in [0.1, 0.15) is 0 Å². The molecule has 0 aromatic carbocycles. The Kier molecular flexibility index (Phi) is 2.55. The lowest BCUT2D eigenvalue weighted by Gasteiger charge is -2.12. The summed E-state index contributed by atoms with van der Waals surface area (Å²) in [5, 5.41) is 9.21. The smallest absolute Gasteiger partial charge is 0.337 e. The minimum atomic E-state index is -0.782. The van der Waals surface area contributed by atoms with Crippen LogP contribution in [0.3, 0.4) is 0 Å². The van der Waals surface area contributed by atoms with Crippen molar-refractivity contribution in [3.63, 3.8) is 0 Å². The van der Waals surface area contributed by atoms with Crippen LogP contribution in [0, 0.1) is 6.92 Å². The second-order valence-corrected chi connectivity index (χ2v) is 4.47. The van der Waals surface area contributed by atoms with E-state index in [2.05, 4.69) is 0 Å². The highest BCUT2D eigenvalue weighted by molar-refractivity contribution is 5.91. The van der Waals surface area contributed by atoms with Gasteiger partial charge in [0.25, 0.3) is 0 Å². The lowest BCUT2D eigenvalue weighted by molar-refractivity contribution is 0.0694. The number of hydrogen-bond acceptors (Lipinski definition) is 1. The summed E-state index contributed by atoms with van der Waals surface area (Å²) in [7, 11) is 1.95. The summed E-state index contributed by atoms with van der Waals surface area (Å²) in [6, 6.07) is 0. The van der Waals surface area contributed by atoms with E-state index in [4.69, 9.17) is 0 Å². The van der Waals surface area contributed by atoms with Crippen LogP contribution in [-0.2, 0) is 7.05 Å². The van der Waals surface area contributed by atoms with Gasteiger partial charge in [0.2, 0.25) is 0 Å². The number of hydrogen-bond donors (Lipinski definition) is 1. The maximum absolute atomic E-state index is 11.2. The van der Waals surface area contributed by atoms with E-state index in [0.717, 1.165) is 24.1 Å². The van der Waals surface area contributed by atoms with Crippen LogP contribution in [0.5, 0.6) is 0 Å². The molecule has 0 radical (unpaired) electrons. The highest BCUT2D eigenvalue weighted by Gasteiger charge is 2.26. The fourth-order valence-corrected chi connectivity index (χ4v) is 2.77. The second kappa shape index (κ2) is 3.72. The summed E-state index contributed by atoms with van der Waals surface area (Å²) in [4.78, 5) is 11.2. The van der Waals surface area contributed by atoms with Crippen molar-refractivity contribution in [1.82, 2.24) is 4.57 Å². The molecule has 1 heterocycles. The first-order valence-corrected chi connectivity index (χ1v) is 5.50. The van der Waals surface area contributed by atoms with Gasteiger partial charge in [-0.2, -0.15) is 0 Å². The largest absolute Gasteiger partial charge is 0.478 e. The number of carbonyl (C=O) groups is 1. The highest BCUT2D eigenvalue weighted by atomic mass is 16.4. The van der Waals surface area contributed by atoms with Crippen LogP contribution >= 0.6 is 0 Å². The molecule has 82 valence electrons. The molecule has 2 rings (SSSR count). The van der Waals surface area contributed by atoms with E-state index in [1.165, 1.54) is 12.8 Å². The zero-order valence-electron chi connectivity index (χ0n) is 9.29. The van der Waals surface area contributed by atoms with E-state index in [1.54, 1.807) is 0 Å². The topological polar surface area (TPSA) is 42.2 Å². The molecule has 0 saturated heterocycles. The van der Waals surface area contributed by atoms with E-state index >= 15 is 0 Å². The van der Waals surface area contributed by atoms with Gasteiger partial charge in [0.15, 0.2) is 0 Å². The van der Waals surface area contributed by atoms with Crippen molar-refractivity contribution >= 4 is 5.97 Å². The number of aromatic carboxylic acids is 1. The molecule has 0 bridgehead atoms. The fraction of sp³-hybridized carbons (Fsp3) is 0.583. The van der Waals surface area contributed by atoms with Crippen LogP contribution in [0.2, 0.25) is 0 Å². The first-order chi connectivity index (χ1) is 7.11. The number of carboxylic acids is 1. The molecule has 1 aliphatic rings. The molecule has 1 aliphatic carbocycles. The number of nitrogens with zero attached hydrogens (tertiary/aromatic N) is 1. The summed E-state index contributed by atoms with van der Waals surface area (Å²) in [6.45, 7) is 1.88. The summed E-state index contributed by atoms with van der Waals surface area (Å²) in [5.74, 6) is -0.329. The molecular formula is C12H17NO2. The van der Waals surface area contributed by atoms with Gasteiger partial charge in [-0.25, -0.2) is 4.79 Å². The van der Waals surface area contributed by atoms with Crippen molar-refractivity contribution < 1.29 is 9.90 Å². The van der Waals surface area contributed by atoms with Crippen LogP contribution in [0.25, 0.3) is 0 Å². The zero-order valence-corrected chi connectivity index (χ0v) is 9.29. The van der Waals surface area contributed by atoms with Crippen molar-refractivity contribution in [3.05, 3.63) is 23.0 Å². The van der Waals surface area contributed by atoms with Gasteiger partial charge in [0.05, 0.1) is 5.56 Å². The monoisotopic (exact) mass is 207 g/mol. The fourth-order valence-electron chi connectivity index (χ4n) is 2.77. The maximum atomic E-state index is 11.2. The van der Waals surface area contributed by atoms with Crippen molar-refractivity contribution in [2.75, 3.05) is 0 Å². The first kappa shape index (κ1) is 10.3. The quantitative estimate of drug-likeness (QED) is 0.810. The Bertz CT molecular complexity index is 387. The Balaban J connectivity index is 2.47. The van der Waals surface area contributed by atoms with E-state index in [0.29, 0.717) is 11.5 Å². The molecule has 0 spiro atoms. The van der Waals surface area contributed by atoms with Gasteiger partial charge in [-0.15, -0.1) is 0 Å². The van der Waals surface area contributed by atoms with Crippen molar-refractivity contribution in [1.29, 1.82) is 0 Å². The van der Waals surface area contributed by atoms with Crippen LogP contribution in [-0.4, -0.2) is 15.6 Å². The van der Waals surface area contributed by atoms with Crippen molar-refractivity contribution in [2.24, 2.45) is 7.05 Å². The molecule has 1 fully saturated rings. The standard InChI is InChI=1S/C12H17NO2/c1-8-7-13(2)11(10(8)12(14)15)9-5-3-4-6-9/h7,9H,3-6H2,1-2H3,(H,14,15). The summed E-state index contributed by atoms with van der Waals surface area (Å²) < 4.78 is 1.99. The number of aryl methyl sites for hydroxylation is 2. The Morgan fingerprint density at radius 2 is 2.07 bits per heavy atom. The maximum Gasteiger partial charge on any atom is 0.337 e. The molecule has 3 heteroatoms. The average molecular weight is 207 g/mol. The molecule has 0 amide bonds. The Hall–Kier alpha value is -1.25. The number of aromatic nitrogens is 1. The van der Waals surface area contributed by atoms with E-state index in [1.807, 2.05) is 24.7 Å². The average Bonchev–Trinajstić information content (AvgIpc) is 2.71. The molecular weight excluding hydrogens is 190 g/mol. The second-order valence-electron chi connectivity index (χ2n) is 4.47. The summed E-state index contributed by atoms with van der Waals surface area (Å²) >= 11 is 0. The van der Waals surface area contributed by atoms with Gasteiger partial charge >= 0.3 is 5.97 Å². The molecule has 1 aromatic rings.